The Morgan fingerprint density at radius 1 is 1.15 bits per heavy atom. The van der Waals surface area contributed by atoms with Gasteiger partial charge in [0, 0.05) is 25.4 Å². The van der Waals surface area contributed by atoms with Crippen LogP contribution in [0.15, 0.2) is 59.2 Å². The van der Waals surface area contributed by atoms with E-state index in [0.717, 1.165) is 5.69 Å². The van der Waals surface area contributed by atoms with E-state index in [9.17, 15) is 9.59 Å². The number of carbonyl (C=O) groups excluding carboxylic acids is 2. The van der Waals surface area contributed by atoms with Crippen LogP contribution in [0.5, 0.6) is 5.75 Å². The first kappa shape index (κ1) is 22.7. The minimum absolute atomic E-state index is 0.229. The van der Waals surface area contributed by atoms with Crippen LogP contribution in [0.1, 0.15) is 30.8 Å². The summed E-state index contributed by atoms with van der Waals surface area (Å²) in [6, 6.07) is 14.4. The maximum absolute atomic E-state index is 13.7. The third kappa shape index (κ3) is 4.26. The van der Waals surface area contributed by atoms with Gasteiger partial charge in [-0.05, 0) is 68.8 Å². The molecule has 4 rings (SSSR count). The van der Waals surface area contributed by atoms with Crippen LogP contribution >= 0.6 is 0 Å². The molecule has 0 saturated carbocycles. The van der Waals surface area contributed by atoms with E-state index >= 15 is 0 Å². The molecular formula is C25H29N3O5. The van der Waals surface area contributed by atoms with E-state index in [1.807, 2.05) is 23.6 Å². The van der Waals surface area contributed by atoms with Crippen molar-refractivity contribution in [3.05, 3.63) is 60.5 Å². The summed E-state index contributed by atoms with van der Waals surface area (Å²) in [6.45, 7) is 5.67. The average molecular weight is 452 g/mol. The van der Waals surface area contributed by atoms with Gasteiger partial charge in [0.2, 0.25) is 5.91 Å². The minimum atomic E-state index is -1.16. The number of nitrogens with zero attached hydrogens (tertiary/aromatic N) is 2. The standard InChI is InChI=1S/C25H29N3O5/c1-4-32-15-6-14-26-24(30)25(2)17-27-20(22-7-5-16-33-22)12-13-21(27)23(29)28(25)18-8-10-19(31-3)11-9-18/h5,7-13,16H,4,6,14-15,17H2,1-3H3,(H,26,30). The predicted molar refractivity (Wildman–Crippen MR) is 124 cm³/mol. The first-order valence-corrected chi connectivity index (χ1v) is 11.1. The van der Waals surface area contributed by atoms with E-state index in [4.69, 9.17) is 13.9 Å². The fraction of sp³-hybridized carbons (Fsp3) is 0.360. The molecule has 1 atom stereocenters. The number of carbonyl (C=O) groups is 2. The van der Waals surface area contributed by atoms with Crippen LogP contribution in [0.2, 0.25) is 0 Å². The smallest absolute Gasteiger partial charge is 0.275 e. The summed E-state index contributed by atoms with van der Waals surface area (Å²) >= 11 is 0. The zero-order valence-electron chi connectivity index (χ0n) is 19.2. The second-order valence-corrected chi connectivity index (χ2v) is 8.09. The van der Waals surface area contributed by atoms with E-state index in [1.54, 1.807) is 61.6 Å². The lowest BCUT2D eigenvalue weighted by atomic mass is 9.93. The van der Waals surface area contributed by atoms with Crippen molar-refractivity contribution in [2.24, 2.45) is 0 Å². The second-order valence-electron chi connectivity index (χ2n) is 8.09. The van der Waals surface area contributed by atoms with Gasteiger partial charge in [-0.1, -0.05) is 0 Å². The molecule has 0 aliphatic carbocycles. The molecule has 1 aromatic carbocycles. The third-order valence-electron chi connectivity index (χ3n) is 5.91. The van der Waals surface area contributed by atoms with E-state index < -0.39 is 5.54 Å². The molecule has 0 spiro atoms. The first-order chi connectivity index (χ1) is 16.0. The number of ether oxygens (including phenoxy) is 2. The molecule has 0 saturated heterocycles. The number of hydrogen-bond acceptors (Lipinski definition) is 5. The van der Waals surface area contributed by atoms with Crippen molar-refractivity contribution >= 4 is 17.5 Å². The lowest BCUT2D eigenvalue weighted by Gasteiger charge is -2.44. The van der Waals surface area contributed by atoms with E-state index in [2.05, 4.69) is 5.32 Å². The molecule has 2 aromatic heterocycles. The summed E-state index contributed by atoms with van der Waals surface area (Å²) in [7, 11) is 1.59. The number of hydrogen-bond donors (Lipinski definition) is 1. The highest BCUT2D eigenvalue weighted by Gasteiger charge is 2.48. The lowest BCUT2D eigenvalue weighted by Crippen LogP contribution is -2.64. The Morgan fingerprint density at radius 2 is 1.91 bits per heavy atom. The quantitative estimate of drug-likeness (QED) is 0.501. The van der Waals surface area contributed by atoms with Crippen LogP contribution in [0.4, 0.5) is 5.69 Å². The Labute approximate surface area is 193 Å². The highest BCUT2D eigenvalue weighted by molar-refractivity contribution is 6.12. The van der Waals surface area contributed by atoms with Crippen LogP contribution in [0.3, 0.4) is 0 Å². The van der Waals surface area contributed by atoms with Crippen molar-refractivity contribution in [3.8, 4) is 17.2 Å². The Balaban J connectivity index is 1.71. The maximum atomic E-state index is 13.7. The molecule has 8 nitrogen and oxygen atoms in total. The number of fused-ring (bicyclic) bond motifs is 1. The summed E-state index contributed by atoms with van der Waals surface area (Å²) < 4.78 is 18.1. The monoisotopic (exact) mass is 451 g/mol. The van der Waals surface area contributed by atoms with Crippen molar-refractivity contribution in [1.29, 1.82) is 0 Å². The van der Waals surface area contributed by atoms with Gasteiger partial charge >= 0.3 is 0 Å². The zero-order chi connectivity index (χ0) is 23.4. The molecule has 1 aliphatic heterocycles. The van der Waals surface area contributed by atoms with Crippen molar-refractivity contribution in [1.82, 2.24) is 9.88 Å². The number of benzene rings is 1. The summed E-state index contributed by atoms with van der Waals surface area (Å²) in [5.41, 5.74) is 0.719. The average Bonchev–Trinajstić information content (AvgIpc) is 3.49. The van der Waals surface area contributed by atoms with Gasteiger partial charge in [-0.3, -0.25) is 14.5 Å². The molecule has 174 valence electrons. The molecule has 8 heteroatoms. The summed E-state index contributed by atoms with van der Waals surface area (Å²) in [5, 5.41) is 3.00. The van der Waals surface area contributed by atoms with Gasteiger partial charge in [0.05, 0.1) is 25.6 Å². The van der Waals surface area contributed by atoms with Gasteiger partial charge in [-0.15, -0.1) is 0 Å². The Hall–Kier alpha value is -3.52. The number of nitrogens with one attached hydrogen (secondary N) is 1. The second kappa shape index (κ2) is 9.54. The maximum Gasteiger partial charge on any atom is 0.275 e. The van der Waals surface area contributed by atoms with Gasteiger partial charge in [0.25, 0.3) is 5.91 Å². The van der Waals surface area contributed by atoms with Gasteiger partial charge in [-0.2, -0.15) is 0 Å². The molecular weight excluding hydrogens is 422 g/mol. The summed E-state index contributed by atoms with van der Waals surface area (Å²) in [6.07, 6.45) is 2.28. The number of aromatic nitrogens is 1. The Morgan fingerprint density at radius 3 is 2.58 bits per heavy atom. The summed E-state index contributed by atoms with van der Waals surface area (Å²) in [5.74, 6) is 0.837. The fourth-order valence-corrected chi connectivity index (χ4v) is 4.20. The molecule has 1 N–H and O–H groups in total. The normalized spacial score (nSPS) is 17.7. The number of furan rings is 1. The number of anilines is 1. The fourth-order valence-electron chi connectivity index (χ4n) is 4.20. The predicted octanol–water partition coefficient (Wildman–Crippen LogP) is 3.72. The molecule has 3 heterocycles. The highest BCUT2D eigenvalue weighted by Crippen LogP contribution is 2.37. The van der Waals surface area contributed by atoms with Crippen LogP contribution in [0, 0.1) is 0 Å². The van der Waals surface area contributed by atoms with Gasteiger partial charge in [0.1, 0.15) is 22.7 Å². The zero-order valence-corrected chi connectivity index (χ0v) is 19.2. The number of amides is 2. The van der Waals surface area contributed by atoms with Crippen molar-refractivity contribution in [2.75, 3.05) is 31.8 Å². The Kier molecular flexibility index (Phi) is 6.55. The molecule has 0 fully saturated rings. The van der Waals surface area contributed by atoms with Crippen molar-refractivity contribution < 1.29 is 23.5 Å². The van der Waals surface area contributed by atoms with Gasteiger partial charge in [0.15, 0.2) is 0 Å². The van der Waals surface area contributed by atoms with E-state index in [1.165, 1.54) is 0 Å². The largest absolute Gasteiger partial charge is 0.497 e. The van der Waals surface area contributed by atoms with Gasteiger partial charge < -0.3 is 23.8 Å². The van der Waals surface area contributed by atoms with E-state index in [-0.39, 0.29) is 18.4 Å². The SMILES string of the molecule is CCOCCCNC(=O)C1(C)Cn2c(ccc2-c2ccco2)C(=O)N1c1ccc(OC)cc1. The molecule has 0 radical (unpaired) electrons. The van der Waals surface area contributed by atoms with Gasteiger partial charge in [-0.25, -0.2) is 0 Å². The number of methoxy groups -OCH3 is 1. The Bertz CT molecular complexity index is 1100. The van der Waals surface area contributed by atoms with Crippen LogP contribution in [0.25, 0.3) is 11.5 Å². The lowest BCUT2D eigenvalue weighted by molar-refractivity contribution is -0.126. The van der Waals surface area contributed by atoms with Crippen LogP contribution < -0.4 is 15.0 Å². The molecule has 0 bridgehead atoms. The molecule has 2 amide bonds. The molecule has 33 heavy (non-hydrogen) atoms. The molecule has 1 unspecified atom stereocenters. The van der Waals surface area contributed by atoms with Crippen molar-refractivity contribution in [3.63, 3.8) is 0 Å². The number of rotatable bonds is 9. The van der Waals surface area contributed by atoms with Crippen LogP contribution in [-0.2, 0) is 16.1 Å². The molecule has 1 aliphatic rings. The summed E-state index contributed by atoms with van der Waals surface area (Å²) in [4.78, 5) is 28.8. The first-order valence-electron chi connectivity index (χ1n) is 11.1. The minimum Gasteiger partial charge on any atom is -0.497 e. The topological polar surface area (TPSA) is 85.9 Å². The van der Waals surface area contributed by atoms with Crippen LogP contribution in [-0.4, -0.2) is 48.8 Å². The molecule has 3 aromatic rings. The third-order valence-corrected chi connectivity index (χ3v) is 5.91. The van der Waals surface area contributed by atoms with Crippen molar-refractivity contribution in [2.45, 2.75) is 32.4 Å². The van der Waals surface area contributed by atoms with E-state index in [0.29, 0.717) is 49.1 Å². The highest BCUT2D eigenvalue weighted by atomic mass is 16.5.